The number of carboxylic acids is 1. The maximum absolute atomic E-state index is 12.9. The van der Waals surface area contributed by atoms with Crippen LogP contribution >= 0.6 is 0 Å². The van der Waals surface area contributed by atoms with Gasteiger partial charge in [-0.15, -0.1) is 0 Å². The number of pyridine rings is 1. The van der Waals surface area contributed by atoms with Crippen molar-refractivity contribution < 1.29 is 24.2 Å². The molecule has 0 radical (unpaired) electrons. The highest BCUT2D eigenvalue weighted by molar-refractivity contribution is 5.86. The van der Waals surface area contributed by atoms with E-state index in [9.17, 15) is 14.7 Å². The fourth-order valence-corrected chi connectivity index (χ4v) is 3.34. The number of urea groups is 1. The minimum absolute atomic E-state index is 0.0278. The maximum atomic E-state index is 12.9. The Bertz CT molecular complexity index is 613. The zero-order valence-corrected chi connectivity index (χ0v) is 14.7. The van der Waals surface area contributed by atoms with E-state index in [1.807, 2.05) is 18.2 Å². The first-order valence-electron chi connectivity index (χ1n) is 8.99. The smallest absolute Gasteiger partial charge is 0.329 e. The Kier molecular flexibility index (Phi) is 6.05. The van der Waals surface area contributed by atoms with Crippen molar-refractivity contribution >= 4 is 12.0 Å². The van der Waals surface area contributed by atoms with Gasteiger partial charge in [-0.3, -0.25) is 4.98 Å². The van der Waals surface area contributed by atoms with Crippen LogP contribution in [0, 0.1) is 0 Å². The van der Waals surface area contributed by atoms with Crippen LogP contribution in [0.3, 0.4) is 0 Å². The largest absolute Gasteiger partial charge is 0.480 e. The van der Waals surface area contributed by atoms with E-state index in [0.29, 0.717) is 32.9 Å². The fourth-order valence-electron chi connectivity index (χ4n) is 3.34. The second kappa shape index (κ2) is 8.46. The molecule has 3 heterocycles. The zero-order valence-electron chi connectivity index (χ0n) is 14.7. The third-order valence-corrected chi connectivity index (χ3v) is 4.92. The molecule has 2 N–H and O–H groups in total. The van der Waals surface area contributed by atoms with Gasteiger partial charge in [-0.25, -0.2) is 9.59 Å². The van der Waals surface area contributed by atoms with Crippen LogP contribution in [0.2, 0.25) is 0 Å². The molecule has 0 saturated carbocycles. The van der Waals surface area contributed by atoms with Crippen molar-refractivity contribution in [1.82, 2.24) is 15.2 Å². The number of nitrogens with one attached hydrogen (secondary N) is 1. The monoisotopic (exact) mass is 363 g/mol. The molecule has 2 saturated heterocycles. The number of amides is 2. The number of carboxylic acid groups (broad SMARTS) is 1. The SMILES string of the molecule is O=C(NC1(C(=O)O)CCOCC1)N(Cc1ccccn1)C[C@H]1CCCO1. The third kappa shape index (κ3) is 4.50. The van der Waals surface area contributed by atoms with Crippen LogP contribution in [0.15, 0.2) is 24.4 Å². The summed E-state index contributed by atoms with van der Waals surface area (Å²) < 4.78 is 10.9. The number of aliphatic carboxylic acids is 1. The quantitative estimate of drug-likeness (QED) is 0.792. The van der Waals surface area contributed by atoms with Gasteiger partial charge >= 0.3 is 12.0 Å². The van der Waals surface area contributed by atoms with Crippen molar-refractivity contribution in [2.75, 3.05) is 26.4 Å². The van der Waals surface area contributed by atoms with Gasteiger partial charge in [0.2, 0.25) is 0 Å². The second-order valence-corrected chi connectivity index (χ2v) is 6.77. The van der Waals surface area contributed by atoms with Crippen LogP contribution in [0.1, 0.15) is 31.4 Å². The molecule has 8 heteroatoms. The number of aromatic nitrogens is 1. The van der Waals surface area contributed by atoms with Crippen molar-refractivity contribution in [2.24, 2.45) is 0 Å². The number of rotatable bonds is 6. The minimum Gasteiger partial charge on any atom is -0.480 e. The van der Waals surface area contributed by atoms with Crippen molar-refractivity contribution in [3.05, 3.63) is 30.1 Å². The van der Waals surface area contributed by atoms with Gasteiger partial charge in [-0.1, -0.05) is 6.07 Å². The van der Waals surface area contributed by atoms with Gasteiger partial charge < -0.3 is 24.8 Å². The van der Waals surface area contributed by atoms with Crippen molar-refractivity contribution in [2.45, 2.75) is 43.9 Å². The molecule has 0 unspecified atom stereocenters. The van der Waals surface area contributed by atoms with Gasteiger partial charge in [-0.2, -0.15) is 0 Å². The summed E-state index contributed by atoms with van der Waals surface area (Å²) in [5.41, 5.74) is -0.536. The zero-order chi connectivity index (χ0) is 18.4. The summed E-state index contributed by atoms with van der Waals surface area (Å²) in [6, 6.07) is 5.12. The molecule has 26 heavy (non-hydrogen) atoms. The van der Waals surface area contributed by atoms with E-state index in [0.717, 1.165) is 18.5 Å². The molecule has 2 aliphatic heterocycles. The van der Waals surface area contributed by atoms with Gasteiger partial charge in [0, 0.05) is 45.4 Å². The predicted octanol–water partition coefficient (Wildman–Crippen LogP) is 1.41. The molecule has 1 atom stereocenters. The molecule has 8 nitrogen and oxygen atoms in total. The fraction of sp³-hybridized carbons (Fsp3) is 0.611. The van der Waals surface area contributed by atoms with Gasteiger partial charge in [0.25, 0.3) is 0 Å². The van der Waals surface area contributed by atoms with Crippen LogP contribution in [0.5, 0.6) is 0 Å². The standard InChI is InChI=1S/C18H25N3O5/c22-16(23)18(6-10-25-11-7-18)20-17(24)21(13-15-5-3-9-26-15)12-14-4-1-2-8-19-14/h1-2,4,8,15H,3,5-7,9-13H2,(H,20,24)(H,22,23)/t15-/m1/s1. The van der Waals surface area contributed by atoms with E-state index in [1.54, 1.807) is 11.1 Å². The average molecular weight is 363 g/mol. The molecule has 1 aromatic heterocycles. The van der Waals surface area contributed by atoms with Crippen LogP contribution < -0.4 is 5.32 Å². The summed E-state index contributed by atoms with van der Waals surface area (Å²) in [4.78, 5) is 30.6. The van der Waals surface area contributed by atoms with Crippen LogP contribution in [0.4, 0.5) is 4.79 Å². The molecule has 0 aromatic carbocycles. The number of carbonyl (C=O) groups is 2. The van der Waals surface area contributed by atoms with Gasteiger partial charge in [0.15, 0.2) is 0 Å². The molecule has 2 aliphatic rings. The summed E-state index contributed by atoms with van der Waals surface area (Å²) in [5.74, 6) is -1.02. The van der Waals surface area contributed by atoms with E-state index < -0.39 is 17.5 Å². The summed E-state index contributed by atoms with van der Waals surface area (Å²) >= 11 is 0. The minimum atomic E-state index is -1.28. The lowest BCUT2D eigenvalue weighted by molar-refractivity contribution is -0.148. The van der Waals surface area contributed by atoms with E-state index in [2.05, 4.69) is 10.3 Å². The molecular formula is C18H25N3O5. The van der Waals surface area contributed by atoms with E-state index in [1.165, 1.54) is 0 Å². The second-order valence-electron chi connectivity index (χ2n) is 6.77. The molecular weight excluding hydrogens is 338 g/mol. The van der Waals surface area contributed by atoms with Gasteiger partial charge in [0.05, 0.1) is 18.3 Å². The Morgan fingerprint density at radius 1 is 1.31 bits per heavy atom. The number of carbonyl (C=O) groups excluding carboxylic acids is 1. The van der Waals surface area contributed by atoms with E-state index in [-0.39, 0.29) is 18.9 Å². The Labute approximate surface area is 152 Å². The molecule has 2 fully saturated rings. The normalized spacial score (nSPS) is 21.9. The molecule has 2 amide bonds. The maximum Gasteiger partial charge on any atom is 0.329 e. The Balaban J connectivity index is 1.73. The first-order valence-corrected chi connectivity index (χ1v) is 8.99. The first kappa shape index (κ1) is 18.6. The van der Waals surface area contributed by atoms with Gasteiger partial charge in [0.1, 0.15) is 5.54 Å². The average Bonchev–Trinajstić information content (AvgIpc) is 3.16. The van der Waals surface area contributed by atoms with Crippen molar-refractivity contribution in [3.8, 4) is 0 Å². The molecule has 0 aliphatic carbocycles. The van der Waals surface area contributed by atoms with Crippen LogP contribution in [-0.4, -0.2) is 65.0 Å². The summed E-state index contributed by atoms with van der Waals surface area (Å²) in [5, 5.41) is 12.4. The highest BCUT2D eigenvalue weighted by atomic mass is 16.5. The van der Waals surface area contributed by atoms with E-state index >= 15 is 0 Å². The van der Waals surface area contributed by atoms with E-state index in [4.69, 9.17) is 9.47 Å². The lowest BCUT2D eigenvalue weighted by Gasteiger charge is -2.36. The van der Waals surface area contributed by atoms with Crippen molar-refractivity contribution in [1.29, 1.82) is 0 Å². The summed E-state index contributed by atoms with van der Waals surface area (Å²) in [6.45, 7) is 2.05. The molecule has 1 aromatic rings. The molecule has 0 bridgehead atoms. The third-order valence-electron chi connectivity index (χ3n) is 4.92. The summed E-state index contributed by atoms with van der Waals surface area (Å²) in [7, 11) is 0. The molecule has 3 rings (SSSR count). The number of hydrogen-bond acceptors (Lipinski definition) is 5. The Morgan fingerprint density at radius 3 is 2.73 bits per heavy atom. The summed E-state index contributed by atoms with van der Waals surface area (Å²) in [6.07, 6.45) is 4.02. The number of nitrogens with zero attached hydrogens (tertiary/aromatic N) is 2. The lowest BCUT2D eigenvalue weighted by Crippen LogP contribution is -2.60. The Hall–Kier alpha value is -2.19. The number of hydrogen-bond donors (Lipinski definition) is 2. The Morgan fingerprint density at radius 2 is 2.12 bits per heavy atom. The molecule has 142 valence electrons. The van der Waals surface area contributed by atoms with Crippen molar-refractivity contribution in [3.63, 3.8) is 0 Å². The molecule has 0 spiro atoms. The van der Waals surface area contributed by atoms with Crippen LogP contribution in [-0.2, 0) is 20.8 Å². The highest BCUT2D eigenvalue weighted by Gasteiger charge is 2.42. The first-order chi connectivity index (χ1) is 12.6. The predicted molar refractivity (Wildman–Crippen MR) is 92.6 cm³/mol. The van der Waals surface area contributed by atoms with Crippen LogP contribution in [0.25, 0.3) is 0 Å². The van der Waals surface area contributed by atoms with Gasteiger partial charge in [-0.05, 0) is 25.0 Å². The number of ether oxygens (including phenoxy) is 2. The lowest BCUT2D eigenvalue weighted by atomic mass is 9.90. The topological polar surface area (TPSA) is 101 Å². The highest BCUT2D eigenvalue weighted by Crippen LogP contribution is 2.22.